The molecule has 0 bridgehead atoms. The Morgan fingerprint density at radius 1 is 1.19 bits per heavy atom. The first-order chi connectivity index (χ1) is 12.0. The fraction of sp³-hybridized carbons (Fsp3) is 0.611. The van der Waals surface area contributed by atoms with E-state index in [-0.39, 0.29) is 37.3 Å². The van der Waals surface area contributed by atoms with E-state index in [9.17, 15) is 13.2 Å². The van der Waals surface area contributed by atoms with Crippen LogP contribution in [0.1, 0.15) is 43.2 Å². The summed E-state index contributed by atoms with van der Waals surface area (Å²) in [4.78, 5) is 14.2. The lowest BCUT2D eigenvalue weighted by atomic mass is 9.92. The molecule has 1 aliphatic heterocycles. The Balaban J connectivity index is 0.00000243. The highest BCUT2D eigenvalue weighted by Gasteiger charge is 2.22. The van der Waals surface area contributed by atoms with Crippen LogP contribution in [0.2, 0.25) is 0 Å². The maximum absolute atomic E-state index is 12.5. The summed E-state index contributed by atoms with van der Waals surface area (Å²) in [7, 11) is -3.58. The number of amides is 1. The number of hydrogen-bond donors (Lipinski definition) is 2. The normalized spacial score (nSPS) is 20.2. The number of carbonyl (C=O) groups excluding carboxylic acids is 1. The van der Waals surface area contributed by atoms with E-state index in [1.54, 1.807) is 17.0 Å². The van der Waals surface area contributed by atoms with Gasteiger partial charge in [-0.15, -0.1) is 12.4 Å². The summed E-state index contributed by atoms with van der Waals surface area (Å²) < 4.78 is 27.5. The number of hydrogen-bond acceptors (Lipinski definition) is 4. The van der Waals surface area contributed by atoms with Crippen molar-refractivity contribution in [2.24, 2.45) is 5.73 Å². The number of fused-ring (bicyclic) bond motifs is 1. The molecule has 1 unspecified atom stereocenters. The highest BCUT2D eigenvalue weighted by atomic mass is 35.5. The Morgan fingerprint density at radius 3 is 2.65 bits per heavy atom. The maximum atomic E-state index is 12.5. The van der Waals surface area contributed by atoms with Gasteiger partial charge in [-0.3, -0.25) is 4.79 Å². The molecule has 3 N–H and O–H groups in total. The molecule has 1 aromatic rings. The van der Waals surface area contributed by atoms with Gasteiger partial charge in [-0.05, 0) is 61.8 Å². The molecule has 1 heterocycles. The van der Waals surface area contributed by atoms with Crippen molar-refractivity contribution in [2.45, 2.75) is 55.9 Å². The van der Waals surface area contributed by atoms with Crippen molar-refractivity contribution in [2.75, 3.05) is 19.6 Å². The summed E-state index contributed by atoms with van der Waals surface area (Å²) >= 11 is 0. The highest BCUT2D eigenvalue weighted by Crippen LogP contribution is 2.24. The molecule has 1 aromatic carbocycles. The summed E-state index contributed by atoms with van der Waals surface area (Å²) in [5, 5.41) is 0. The van der Waals surface area contributed by atoms with Crippen LogP contribution in [0.3, 0.4) is 0 Å². The molecule has 8 heteroatoms. The van der Waals surface area contributed by atoms with Crippen LogP contribution in [0.25, 0.3) is 0 Å². The summed E-state index contributed by atoms with van der Waals surface area (Å²) in [6.07, 6.45) is 6.25. The minimum Gasteiger partial charge on any atom is -0.341 e. The number of benzene rings is 1. The lowest BCUT2D eigenvalue weighted by Crippen LogP contribution is -2.46. The van der Waals surface area contributed by atoms with Crippen LogP contribution in [-0.4, -0.2) is 44.9 Å². The van der Waals surface area contributed by atoms with Gasteiger partial charge in [-0.25, -0.2) is 13.1 Å². The zero-order chi connectivity index (χ0) is 17.9. The third-order valence-corrected chi connectivity index (χ3v) is 6.53. The first-order valence-corrected chi connectivity index (χ1v) is 10.6. The van der Waals surface area contributed by atoms with Crippen LogP contribution in [0.15, 0.2) is 23.1 Å². The van der Waals surface area contributed by atoms with Gasteiger partial charge in [0.25, 0.3) is 0 Å². The molecule has 1 saturated heterocycles. The molecule has 0 radical (unpaired) electrons. The van der Waals surface area contributed by atoms with E-state index in [0.29, 0.717) is 18.0 Å². The average Bonchev–Trinajstić information content (AvgIpc) is 2.61. The van der Waals surface area contributed by atoms with Crippen LogP contribution in [-0.2, 0) is 27.7 Å². The average molecular weight is 402 g/mol. The van der Waals surface area contributed by atoms with Gasteiger partial charge in [0.2, 0.25) is 15.9 Å². The number of nitrogens with two attached hydrogens (primary N) is 1. The first kappa shape index (κ1) is 21.2. The fourth-order valence-corrected chi connectivity index (χ4v) is 4.73. The number of nitrogens with one attached hydrogen (secondary N) is 1. The van der Waals surface area contributed by atoms with E-state index in [1.807, 2.05) is 6.07 Å². The maximum Gasteiger partial charge on any atom is 0.240 e. The molecule has 3 rings (SSSR count). The molecule has 146 valence electrons. The number of sulfonamides is 1. The number of piperidine rings is 1. The molecular formula is C18H28ClN3O3S. The zero-order valence-corrected chi connectivity index (χ0v) is 16.6. The SMILES string of the molecule is Cl.NC1CCCN(C(=O)CCNS(=O)(=O)c2ccc3c(c2)CCCC3)C1. The van der Waals surface area contributed by atoms with Crippen LogP contribution in [0.5, 0.6) is 0 Å². The Morgan fingerprint density at radius 2 is 1.92 bits per heavy atom. The zero-order valence-electron chi connectivity index (χ0n) is 14.9. The molecule has 1 aliphatic carbocycles. The van der Waals surface area contributed by atoms with Gasteiger partial charge in [0.15, 0.2) is 0 Å². The molecule has 2 aliphatic rings. The Labute approximate surface area is 162 Å². The Kier molecular flexibility index (Phi) is 7.46. The van der Waals surface area contributed by atoms with Crippen molar-refractivity contribution in [1.29, 1.82) is 0 Å². The molecule has 1 atom stereocenters. The van der Waals surface area contributed by atoms with Gasteiger partial charge >= 0.3 is 0 Å². The fourth-order valence-electron chi connectivity index (χ4n) is 3.65. The van der Waals surface area contributed by atoms with E-state index in [4.69, 9.17) is 5.73 Å². The smallest absolute Gasteiger partial charge is 0.240 e. The molecular weight excluding hydrogens is 374 g/mol. The second-order valence-electron chi connectivity index (χ2n) is 7.03. The van der Waals surface area contributed by atoms with E-state index in [0.717, 1.165) is 37.7 Å². The van der Waals surface area contributed by atoms with Crippen LogP contribution < -0.4 is 10.5 Å². The van der Waals surface area contributed by atoms with Crippen molar-refractivity contribution in [3.05, 3.63) is 29.3 Å². The molecule has 0 aromatic heterocycles. The van der Waals surface area contributed by atoms with E-state index < -0.39 is 10.0 Å². The predicted molar refractivity (Wildman–Crippen MR) is 104 cm³/mol. The molecule has 0 saturated carbocycles. The molecule has 1 amide bonds. The molecule has 6 nitrogen and oxygen atoms in total. The van der Waals surface area contributed by atoms with Crippen molar-refractivity contribution in [3.8, 4) is 0 Å². The van der Waals surface area contributed by atoms with Crippen LogP contribution in [0.4, 0.5) is 0 Å². The Hall–Kier alpha value is -1.15. The number of halogens is 1. The molecule has 0 spiro atoms. The van der Waals surface area contributed by atoms with Gasteiger partial charge in [-0.1, -0.05) is 6.07 Å². The number of likely N-dealkylation sites (tertiary alicyclic amines) is 1. The number of rotatable bonds is 5. The van der Waals surface area contributed by atoms with Crippen LogP contribution in [0, 0.1) is 0 Å². The van der Waals surface area contributed by atoms with Crippen molar-refractivity contribution < 1.29 is 13.2 Å². The van der Waals surface area contributed by atoms with Gasteiger partial charge in [-0.2, -0.15) is 0 Å². The second kappa shape index (κ2) is 9.17. The third kappa shape index (κ3) is 5.19. The number of nitrogens with zero attached hydrogens (tertiary/aromatic N) is 1. The van der Waals surface area contributed by atoms with Gasteiger partial charge in [0.05, 0.1) is 4.90 Å². The monoisotopic (exact) mass is 401 g/mol. The highest BCUT2D eigenvalue weighted by molar-refractivity contribution is 7.89. The predicted octanol–water partition coefficient (Wildman–Crippen LogP) is 1.61. The van der Waals surface area contributed by atoms with Crippen LogP contribution >= 0.6 is 12.4 Å². The minimum absolute atomic E-state index is 0. The number of carbonyl (C=O) groups is 1. The number of aryl methyl sites for hydroxylation is 2. The lowest BCUT2D eigenvalue weighted by molar-refractivity contribution is -0.132. The third-order valence-electron chi connectivity index (χ3n) is 5.07. The van der Waals surface area contributed by atoms with Gasteiger partial charge in [0.1, 0.15) is 0 Å². The summed E-state index contributed by atoms with van der Waals surface area (Å²) in [5.41, 5.74) is 8.27. The van der Waals surface area contributed by atoms with Crippen molar-refractivity contribution >= 4 is 28.3 Å². The molecule has 26 heavy (non-hydrogen) atoms. The van der Waals surface area contributed by atoms with Gasteiger partial charge in [0, 0.05) is 32.1 Å². The standard InChI is InChI=1S/C18H27N3O3S.ClH/c19-16-6-3-11-21(13-16)18(22)9-10-20-25(23,24)17-8-7-14-4-1-2-5-15(14)12-17;/h7-8,12,16,20H,1-6,9-11,13,19H2;1H. The van der Waals surface area contributed by atoms with E-state index in [2.05, 4.69) is 4.72 Å². The largest absolute Gasteiger partial charge is 0.341 e. The summed E-state index contributed by atoms with van der Waals surface area (Å²) in [6.45, 7) is 1.39. The quantitative estimate of drug-likeness (QED) is 0.783. The van der Waals surface area contributed by atoms with Crippen molar-refractivity contribution in [1.82, 2.24) is 9.62 Å². The van der Waals surface area contributed by atoms with Crippen molar-refractivity contribution in [3.63, 3.8) is 0 Å². The first-order valence-electron chi connectivity index (χ1n) is 9.10. The topological polar surface area (TPSA) is 92.5 Å². The second-order valence-corrected chi connectivity index (χ2v) is 8.79. The molecule has 1 fully saturated rings. The van der Waals surface area contributed by atoms with Gasteiger partial charge < -0.3 is 10.6 Å². The lowest BCUT2D eigenvalue weighted by Gasteiger charge is -2.30. The Bertz CT molecular complexity index is 739. The summed E-state index contributed by atoms with van der Waals surface area (Å²) in [5.74, 6) is -0.0386. The van der Waals surface area contributed by atoms with E-state index >= 15 is 0 Å². The van der Waals surface area contributed by atoms with E-state index in [1.165, 1.54) is 12.0 Å². The minimum atomic E-state index is -3.58. The summed E-state index contributed by atoms with van der Waals surface area (Å²) in [6, 6.07) is 5.40.